The molecule has 1 aromatic heterocycles. The molecule has 1 heterocycles. The number of rotatable bonds is 4. The van der Waals surface area contributed by atoms with Gasteiger partial charge in [-0.05, 0) is 18.4 Å². The van der Waals surface area contributed by atoms with E-state index < -0.39 is 0 Å². The highest BCUT2D eigenvalue weighted by Gasteiger charge is 2.11. The van der Waals surface area contributed by atoms with Crippen molar-refractivity contribution in [2.24, 2.45) is 18.7 Å². The van der Waals surface area contributed by atoms with Gasteiger partial charge in [0.2, 0.25) is 0 Å². The van der Waals surface area contributed by atoms with Crippen LogP contribution >= 0.6 is 0 Å². The Morgan fingerprint density at radius 2 is 2.31 bits per heavy atom. The molecule has 2 N–H and O–H groups in total. The van der Waals surface area contributed by atoms with Crippen molar-refractivity contribution >= 4 is 0 Å². The molecule has 0 aromatic carbocycles. The number of hydrogen-bond acceptors (Lipinski definition) is 2. The molecule has 0 amide bonds. The summed E-state index contributed by atoms with van der Waals surface area (Å²) in [6.45, 7) is 4.42. The number of hydrogen-bond donors (Lipinski definition) is 1. The van der Waals surface area contributed by atoms with E-state index in [2.05, 4.69) is 18.9 Å². The van der Waals surface area contributed by atoms with Gasteiger partial charge in [0, 0.05) is 19.3 Å². The van der Waals surface area contributed by atoms with Gasteiger partial charge in [-0.25, -0.2) is 0 Å². The van der Waals surface area contributed by atoms with Gasteiger partial charge in [-0.1, -0.05) is 20.3 Å². The summed E-state index contributed by atoms with van der Waals surface area (Å²) < 4.78 is 1.80. The van der Waals surface area contributed by atoms with Crippen molar-refractivity contribution in [1.29, 1.82) is 0 Å². The van der Waals surface area contributed by atoms with Crippen molar-refractivity contribution in [2.75, 3.05) is 0 Å². The van der Waals surface area contributed by atoms with Gasteiger partial charge < -0.3 is 5.73 Å². The minimum Gasteiger partial charge on any atom is -0.323 e. The van der Waals surface area contributed by atoms with Gasteiger partial charge in [0.25, 0.3) is 0 Å². The number of nitrogens with two attached hydrogens (primary N) is 1. The Kier molecular flexibility index (Phi) is 3.48. The molecule has 0 aliphatic rings. The lowest BCUT2D eigenvalue weighted by atomic mass is 9.98. The van der Waals surface area contributed by atoms with Crippen molar-refractivity contribution in [2.45, 2.75) is 32.7 Å². The fourth-order valence-electron chi connectivity index (χ4n) is 1.35. The zero-order chi connectivity index (χ0) is 9.84. The van der Waals surface area contributed by atoms with E-state index in [-0.39, 0.29) is 6.04 Å². The fraction of sp³-hybridized carbons (Fsp3) is 0.700. The highest BCUT2D eigenvalue weighted by molar-refractivity contribution is 5.04. The summed E-state index contributed by atoms with van der Waals surface area (Å²) in [7, 11) is 1.92. The second-order valence-corrected chi connectivity index (χ2v) is 3.77. The topological polar surface area (TPSA) is 43.8 Å². The molecule has 0 saturated carbocycles. The Labute approximate surface area is 79.9 Å². The molecule has 2 unspecified atom stereocenters. The van der Waals surface area contributed by atoms with E-state index in [1.165, 1.54) is 6.42 Å². The first-order valence-corrected chi connectivity index (χ1v) is 4.88. The lowest BCUT2D eigenvalue weighted by Crippen LogP contribution is -2.14. The van der Waals surface area contributed by atoms with Gasteiger partial charge >= 0.3 is 0 Å². The summed E-state index contributed by atoms with van der Waals surface area (Å²) >= 11 is 0. The highest BCUT2D eigenvalue weighted by atomic mass is 15.3. The molecular formula is C10H19N3. The second kappa shape index (κ2) is 4.42. The number of nitrogens with zero attached hydrogens (tertiary/aromatic N) is 2. The van der Waals surface area contributed by atoms with E-state index in [1.807, 2.05) is 19.3 Å². The van der Waals surface area contributed by atoms with Crippen molar-refractivity contribution in [3.63, 3.8) is 0 Å². The minimum atomic E-state index is 0.0937. The molecule has 0 aliphatic carbocycles. The molecule has 3 nitrogen and oxygen atoms in total. The number of aromatic nitrogens is 2. The van der Waals surface area contributed by atoms with Crippen LogP contribution in [-0.2, 0) is 7.05 Å². The lowest BCUT2D eigenvalue weighted by molar-refractivity contribution is 0.453. The van der Waals surface area contributed by atoms with E-state index >= 15 is 0 Å². The molecule has 13 heavy (non-hydrogen) atoms. The van der Waals surface area contributed by atoms with Gasteiger partial charge in [0.15, 0.2) is 0 Å². The maximum Gasteiger partial charge on any atom is 0.0791 e. The van der Waals surface area contributed by atoms with E-state index in [1.54, 1.807) is 4.68 Å². The smallest absolute Gasteiger partial charge is 0.0791 e. The Bertz CT molecular complexity index is 254. The van der Waals surface area contributed by atoms with Crippen molar-refractivity contribution in [3.05, 3.63) is 18.0 Å². The van der Waals surface area contributed by atoms with E-state index in [9.17, 15) is 0 Å². The van der Waals surface area contributed by atoms with Crippen molar-refractivity contribution in [3.8, 4) is 0 Å². The Balaban J connectivity index is 2.53. The monoisotopic (exact) mass is 181 g/mol. The third-order valence-electron chi connectivity index (χ3n) is 2.47. The van der Waals surface area contributed by atoms with Gasteiger partial charge in [-0.2, -0.15) is 5.10 Å². The van der Waals surface area contributed by atoms with Crippen molar-refractivity contribution in [1.82, 2.24) is 9.78 Å². The van der Waals surface area contributed by atoms with Crippen LogP contribution in [0, 0.1) is 5.92 Å². The summed E-state index contributed by atoms with van der Waals surface area (Å²) in [5.41, 5.74) is 7.01. The Morgan fingerprint density at radius 1 is 1.62 bits per heavy atom. The first-order valence-electron chi connectivity index (χ1n) is 4.88. The quantitative estimate of drug-likeness (QED) is 0.770. The molecule has 0 spiro atoms. The second-order valence-electron chi connectivity index (χ2n) is 3.77. The molecule has 3 heteroatoms. The van der Waals surface area contributed by atoms with Crippen LogP contribution in [0.25, 0.3) is 0 Å². The maximum atomic E-state index is 6.01. The summed E-state index contributed by atoms with van der Waals surface area (Å²) in [6.07, 6.45) is 4.14. The predicted molar refractivity (Wildman–Crippen MR) is 54.2 cm³/mol. The third kappa shape index (κ3) is 2.84. The molecule has 2 atom stereocenters. The normalized spacial score (nSPS) is 15.7. The first kappa shape index (κ1) is 10.3. The van der Waals surface area contributed by atoms with Crippen LogP contribution < -0.4 is 5.73 Å². The van der Waals surface area contributed by atoms with Gasteiger partial charge in [-0.3, -0.25) is 4.68 Å². The van der Waals surface area contributed by atoms with E-state index in [0.29, 0.717) is 5.92 Å². The van der Waals surface area contributed by atoms with Crippen LogP contribution in [0.4, 0.5) is 0 Å². The standard InChI is InChI=1S/C10H19N3/c1-4-8(2)7-9(11)10-5-6-13(3)12-10/h5-6,8-9H,4,7,11H2,1-3H3. The van der Waals surface area contributed by atoms with Crippen LogP contribution in [-0.4, -0.2) is 9.78 Å². The molecule has 0 saturated heterocycles. The van der Waals surface area contributed by atoms with Gasteiger partial charge in [0.05, 0.1) is 5.69 Å². The van der Waals surface area contributed by atoms with Crippen LogP contribution in [0.3, 0.4) is 0 Å². The largest absolute Gasteiger partial charge is 0.323 e. The van der Waals surface area contributed by atoms with Gasteiger partial charge in [-0.15, -0.1) is 0 Å². The number of aryl methyl sites for hydroxylation is 1. The zero-order valence-electron chi connectivity index (χ0n) is 8.70. The summed E-state index contributed by atoms with van der Waals surface area (Å²) in [5, 5.41) is 4.29. The molecule has 1 rings (SSSR count). The molecular weight excluding hydrogens is 162 g/mol. The Morgan fingerprint density at radius 3 is 2.77 bits per heavy atom. The van der Waals surface area contributed by atoms with E-state index in [4.69, 9.17) is 5.73 Å². The SMILES string of the molecule is CCC(C)CC(N)c1ccn(C)n1. The summed E-state index contributed by atoms with van der Waals surface area (Å²) in [5.74, 6) is 0.678. The lowest BCUT2D eigenvalue weighted by Gasteiger charge is -2.13. The van der Waals surface area contributed by atoms with Gasteiger partial charge in [0.1, 0.15) is 0 Å². The van der Waals surface area contributed by atoms with Crippen molar-refractivity contribution < 1.29 is 0 Å². The molecule has 0 fully saturated rings. The maximum absolute atomic E-state index is 6.01. The zero-order valence-corrected chi connectivity index (χ0v) is 8.70. The van der Waals surface area contributed by atoms with Crippen LogP contribution in [0.15, 0.2) is 12.3 Å². The first-order chi connectivity index (χ1) is 6.13. The average Bonchev–Trinajstić information content (AvgIpc) is 2.51. The van der Waals surface area contributed by atoms with Crippen LogP contribution in [0.1, 0.15) is 38.4 Å². The Hall–Kier alpha value is -0.830. The fourth-order valence-corrected chi connectivity index (χ4v) is 1.35. The predicted octanol–water partition coefficient (Wildman–Crippen LogP) is 1.86. The third-order valence-corrected chi connectivity index (χ3v) is 2.47. The molecule has 0 bridgehead atoms. The summed E-state index contributed by atoms with van der Waals surface area (Å²) in [6, 6.07) is 2.09. The van der Waals surface area contributed by atoms with Crippen LogP contribution in [0.2, 0.25) is 0 Å². The van der Waals surface area contributed by atoms with Crippen LogP contribution in [0.5, 0.6) is 0 Å². The summed E-state index contributed by atoms with van der Waals surface area (Å²) in [4.78, 5) is 0. The van der Waals surface area contributed by atoms with E-state index in [0.717, 1.165) is 12.1 Å². The molecule has 0 radical (unpaired) electrons. The molecule has 74 valence electrons. The minimum absolute atomic E-state index is 0.0937. The highest BCUT2D eigenvalue weighted by Crippen LogP contribution is 2.18. The molecule has 0 aliphatic heterocycles. The molecule has 1 aromatic rings. The average molecular weight is 181 g/mol.